The lowest BCUT2D eigenvalue weighted by atomic mass is 10.0. The van der Waals surface area contributed by atoms with E-state index in [1.165, 1.54) is 11.1 Å². The number of rotatable bonds is 4. The molecule has 0 radical (unpaired) electrons. The lowest BCUT2D eigenvalue weighted by molar-refractivity contribution is 0.737. The van der Waals surface area contributed by atoms with Crippen molar-refractivity contribution in [3.05, 3.63) is 58.6 Å². The number of benzene rings is 2. The Balaban J connectivity index is 2.39. The van der Waals surface area contributed by atoms with Gasteiger partial charge in [0, 0.05) is 29.5 Å². The monoisotopic (exact) mass is 288 g/mol. The molecule has 20 heavy (non-hydrogen) atoms. The van der Waals surface area contributed by atoms with Crippen LogP contribution in [0.25, 0.3) is 0 Å². The van der Waals surface area contributed by atoms with E-state index in [-0.39, 0.29) is 6.04 Å². The first-order valence-electron chi connectivity index (χ1n) is 6.82. The van der Waals surface area contributed by atoms with Crippen LogP contribution in [0.5, 0.6) is 0 Å². The summed E-state index contributed by atoms with van der Waals surface area (Å²) in [6, 6.07) is 14.6. The van der Waals surface area contributed by atoms with Crippen molar-refractivity contribution in [2.45, 2.75) is 26.3 Å². The Bertz CT molecular complexity index is 576. The van der Waals surface area contributed by atoms with E-state index >= 15 is 0 Å². The third kappa shape index (κ3) is 3.53. The number of aryl methyl sites for hydroxylation is 1. The number of hydrogen-bond acceptors (Lipinski definition) is 2. The largest absolute Gasteiger partial charge is 0.344 e. The van der Waals surface area contributed by atoms with Gasteiger partial charge in [-0.3, -0.25) is 0 Å². The minimum Gasteiger partial charge on any atom is -0.344 e. The predicted molar refractivity (Wildman–Crippen MR) is 88.0 cm³/mol. The van der Waals surface area contributed by atoms with Gasteiger partial charge in [0.1, 0.15) is 0 Å². The molecule has 2 aromatic carbocycles. The van der Waals surface area contributed by atoms with Gasteiger partial charge in [-0.2, -0.15) is 0 Å². The van der Waals surface area contributed by atoms with Gasteiger partial charge in [-0.1, -0.05) is 35.4 Å². The Morgan fingerprint density at radius 1 is 1.15 bits per heavy atom. The second-order valence-corrected chi connectivity index (χ2v) is 5.79. The fourth-order valence-electron chi connectivity index (χ4n) is 2.28. The molecule has 106 valence electrons. The van der Waals surface area contributed by atoms with E-state index in [1.807, 2.05) is 19.1 Å². The second-order valence-electron chi connectivity index (χ2n) is 5.35. The summed E-state index contributed by atoms with van der Waals surface area (Å²) in [5.74, 6) is 0. The molecule has 0 saturated heterocycles. The van der Waals surface area contributed by atoms with E-state index in [4.69, 9.17) is 17.3 Å². The van der Waals surface area contributed by atoms with E-state index in [0.717, 1.165) is 22.8 Å². The molecular formula is C17H21ClN2. The lowest BCUT2D eigenvalue weighted by Gasteiger charge is -2.24. The SMILES string of the molecule is Cc1ccc(N(C)c2cc(Cl)ccc2CC(C)N)cc1. The summed E-state index contributed by atoms with van der Waals surface area (Å²) >= 11 is 6.15. The topological polar surface area (TPSA) is 29.3 Å². The summed E-state index contributed by atoms with van der Waals surface area (Å²) in [6.07, 6.45) is 0.836. The zero-order valence-corrected chi connectivity index (χ0v) is 13.0. The van der Waals surface area contributed by atoms with E-state index in [0.29, 0.717) is 0 Å². The van der Waals surface area contributed by atoms with Crippen LogP contribution in [-0.4, -0.2) is 13.1 Å². The highest BCUT2D eigenvalue weighted by atomic mass is 35.5. The van der Waals surface area contributed by atoms with Gasteiger partial charge in [0.05, 0.1) is 0 Å². The van der Waals surface area contributed by atoms with Crippen LogP contribution in [0, 0.1) is 6.92 Å². The molecule has 0 fully saturated rings. The maximum absolute atomic E-state index is 6.15. The van der Waals surface area contributed by atoms with E-state index < -0.39 is 0 Å². The Morgan fingerprint density at radius 2 is 1.80 bits per heavy atom. The fraction of sp³-hybridized carbons (Fsp3) is 0.294. The van der Waals surface area contributed by atoms with Crippen molar-refractivity contribution in [1.82, 2.24) is 0 Å². The van der Waals surface area contributed by atoms with Gasteiger partial charge in [-0.05, 0) is 50.1 Å². The van der Waals surface area contributed by atoms with Crippen LogP contribution in [-0.2, 0) is 6.42 Å². The summed E-state index contributed by atoms with van der Waals surface area (Å²) < 4.78 is 0. The standard InChI is InChI=1S/C17H21ClN2/c1-12-4-8-16(9-5-12)20(3)17-11-15(18)7-6-14(17)10-13(2)19/h4-9,11,13H,10,19H2,1-3H3. The molecular weight excluding hydrogens is 268 g/mol. The van der Waals surface area contributed by atoms with Gasteiger partial charge in [-0.25, -0.2) is 0 Å². The minimum absolute atomic E-state index is 0.126. The molecule has 0 spiro atoms. The smallest absolute Gasteiger partial charge is 0.0456 e. The van der Waals surface area contributed by atoms with Crippen molar-refractivity contribution in [2.24, 2.45) is 5.73 Å². The molecule has 3 heteroatoms. The molecule has 2 N–H and O–H groups in total. The van der Waals surface area contributed by atoms with Gasteiger partial charge in [0.15, 0.2) is 0 Å². The van der Waals surface area contributed by atoms with Gasteiger partial charge in [0.2, 0.25) is 0 Å². The van der Waals surface area contributed by atoms with Crippen molar-refractivity contribution in [3.8, 4) is 0 Å². The highest BCUT2D eigenvalue weighted by molar-refractivity contribution is 6.30. The average Bonchev–Trinajstić information content (AvgIpc) is 2.40. The second kappa shape index (κ2) is 6.29. The Kier molecular flexibility index (Phi) is 4.69. The van der Waals surface area contributed by atoms with Crippen molar-refractivity contribution < 1.29 is 0 Å². The van der Waals surface area contributed by atoms with Gasteiger partial charge >= 0.3 is 0 Å². The highest BCUT2D eigenvalue weighted by Crippen LogP contribution is 2.30. The molecule has 2 nitrogen and oxygen atoms in total. The predicted octanol–water partition coefficient (Wildman–Crippen LogP) is 4.31. The molecule has 0 saturated carbocycles. The van der Waals surface area contributed by atoms with Crippen molar-refractivity contribution in [1.29, 1.82) is 0 Å². The molecule has 0 bridgehead atoms. The van der Waals surface area contributed by atoms with Crippen LogP contribution in [0.1, 0.15) is 18.1 Å². The van der Waals surface area contributed by atoms with Crippen molar-refractivity contribution >= 4 is 23.0 Å². The summed E-state index contributed by atoms with van der Waals surface area (Å²) in [5, 5.41) is 0.743. The van der Waals surface area contributed by atoms with Gasteiger partial charge < -0.3 is 10.6 Å². The quantitative estimate of drug-likeness (QED) is 0.908. The molecule has 0 heterocycles. The van der Waals surface area contributed by atoms with Crippen LogP contribution in [0.4, 0.5) is 11.4 Å². The average molecular weight is 289 g/mol. The number of hydrogen-bond donors (Lipinski definition) is 1. The van der Waals surface area contributed by atoms with Crippen LogP contribution in [0.15, 0.2) is 42.5 Å². The molecule has 1 atom stereocenters. The number of nitrogens with two attached hydrogens (primary N) is 1. The van der Waals surface area contributed by atoms with Gasteiger partial charge in [0.25, 0.3) is 0 Å². The zero-order valence-electron chi connectivity index (χ0n) is 12.2. The van der Waals surface area contributed by atoms with E-state index in [1.54, 1.807) is 0 Å². The molecule has 0 aliphatic rings. The van der Waals surface area contributed by atoms with Crippen LogP contribution in [0.3, 0.4) is 0 Å². The fourth-order valence-corrected chi connectivity index (χ4v) is 2.44. The zero-order chi connectivity index (χ0) is 14.7. The first-order chi connectivity index (χ1) is 9.47. The molecule has 0 aromatic heterocycles. The Labute approximate surface area is 126 Å². The highest BCUT2D eigenvalue weighted by Gasteiger charge is 2.11. The molecule has 2 aromatic rings. The Morgan fingerprint density at radius 3 is 2.40 bits per heavy atom. The van der Waals surface area contributed by atoms with E-state index in [9.17, 15) is 0 Å². The van der Waals surface area contributed by atoms with Crippen molar-refractivity contribution in [2.75, 3.05) is 11.9 Å². The normalized spacial score (nSPS) is 12.2. The summed E-state index contributed by atoms with van der Waals surface area (Å²) in [7, 11) is 2.06. The van der Waals surface area contributed by atoms with Crippen LogP contribution >= 0.6 is 11.6 Å². The number of halogens is 1. The first-order valence-corrected chi connectivity index (χ1v) is 7.19. The molecule has 1 unspecified atom stereocenters. The van der Waals surface area contributed by atoms with E-state index in [2.05, 4.69) is 49.2 Å². The number of nitrogens with zero attached hydrogens (tertiary/aromatic N) is 1. The first kappa shape index (κ1) is 14.9. The van der Waals surface area contributed by atoms with Crippen LogP contribution < -0.4 is 10.6 Å². The number of anilines is 2. The minimum atomic E-state index is 0.126. The lowest BCUT2D eigenvalue weighted by Crippen LogP contribution is -2.20. The maximum atomic E-state index is 6.15. The third-order valence-electron chi connectivity index (χ3n) is 3.37. The maximum Gasteiger partial charge on any atom is 0.0456 e. The van der Waals surface area contributed by atoms with Crippen molar-refractivity contribution in [3.63, 3.8) is 0 Å². The summed E-state index contributed by atoms with van der Waals surface area (Å²) in [5.41, 5.74) is 10.7. The third-order valence-corrected chi connectivity index (χ3v) is 3.61. The van der Waals surface area contributed by atoms with Crippen LogP contribution in [0.2, 0.25) is 5.02 Å². The summed E-state index contributed by atoms with van der Waals surface area (Å²) in [6.45, 7) is 4.11. The molecule has 2 rings (SSSR count). The molecule has 0 aliphatic carbocycles. The summed E-state index contributed by atoms with van der Waals surface area (Å²) in [4.78, 5) is 2.16. The van der Waals surface area contributed by atoms with Gasteiger partial charge in [-0.15, -0.1) is 0 Å². The molecule has 0 aliphatic heterocycles. The molecule has 0 amide bonds. The Hall–Kier alpha value is -1.51.